The summed E-state index contributed by atoms with van der Waals surface area (Å²) in [7, 11) is 2.16. The number of ether oxygens (including phenoxy) is 2. The van der Waals surface area contributed by atoms with E-state index in [9.17, 15) is 9.59 Å². The van der Waals surface area contributed by atoms with Gasteiger partial charge in [-0.15, -0.1) is 0 Å². The molecule has 5 rings (SSSR count). The maximum atomic E-state index is 13.5. The van der Waals surface area contributed by atoms with Crippen molar-refractivity contribution in [2.75, 3.05) is 68.2 Å². The van der Waals surface area contributed by atoms with Gasteiger partial charge in [-0.1, -0.05) is 30.3 Å². The Hall–Kier alpha value is -3.98. The van der Waals surface area contributed by atoms with Gasteiger partial charge in [-0.2, -0.15) is 0 Å². The second-order valence-electron chi connectivity index (χ2n) is 11.7. The molecule has 1 fully saturated rings. The summed E-state index contributed by atoms with van der Waals surface area (Å²) in [4.78, 5) is 31.8. The minimum atomic E-state index is -0.151. The molecule has 0 saturated carbocycles. The topological polar surface area (TPSA) is 74.4 Å². The first-order valence-electron chi connectivity index (χ1n) is 16.2. The van der Waals surface area contributed by atoms with Crippen LogP contribution in [0, 0.1) is 0 Å². The van der Waals surface area contributed by atoms with E-state index >= 15 is 0 Å². The highest BCUT2D eigenvalue weighted by molar-refractivity contribution is 6.08. The highest BCUT2D eigenvalue weighted by atomic mass is 16.5. The zero-order chi connectivity index (χ0) is 31.6. The number of likely N-dealkylation sites (N-methyl/N-ethyl adjacent to an activating group) is 1. The SMILES string of the molecule is CCOCCN(CC)c1ccc(-c2ccc3c(c2)C=C(C(=O)Nc2ccc(CN(C)C4CCOCC4)cc2)CCN3C=O)cc1. The monoisotopic (exact) mass is 610 g/mol. The van der Waals surface area contributed by atoms with E-state index in [1.807, 2.05) is 37.3 Å². The lowest BCUT2D eigenvalue weighted by Crippen LogP contribution is -2.36. The van der Waals surface area contributed by atoms with Crippen molar-refractivity contribution in [1.82, 2.24) is 4.90 Å². The van der Waals surface area contributed by atoms with Crippen molar-refractivity contribution in [3.8, 4) is 11.1 Å². The molecule has 0 atom stereocenters. The molecule has 8 heteroatoms. The van der Waals surface area contributed by atoms with E-state index in [2.05, 4.69) is 71.6 Å². The van der Waals surface area contributed by atoms with Crippen molar-refractivity contribution in [2.24, 2.45) is 0 Å². The minimum absolute atomic E-state index is 0.151. The Kier molecular flexibility index (Phi) is 11.4. The number of rotatable bonds is 13. The highest BCUT2D eigenvalue weighted by Crippen LogP contribution is 2.33. The number of anilines is 3. The Labute approximate surface area is 267 Å². The number of benzene rings is 3. The van der Waals surface area contributed by atoms with Gasteiger partial charge < -0.3 is 24.6 Å². The summed E-state index contributed by atoms with van der Waals surface area (Å²) in [5, 5.41) is 3.08. The number of carbonyl (C=O) groups is 2. The number of nitrogens with zero attached hydrogens (tertiary/aromatic N) is 3. The summed E-state index contributed by atoms with van der Waals surface area (Å²) in [5.74, 6) is -0.151. The smallest absolute Gasteiger partial charge is 0.251 e. The molecule has 8 nitrogen and oxygen atoms in total. The predicted octanol–water partition coefficient (Wildman–Crippen LogP) is 6.22. The van der Waals surface area contributed by atoms with Gasteiger partial charge in [0.1, 0.15) is 0 Å². The molecule has 0 bridgehead atoms. The summed E-state index contributed by atoms with van der Waals surface area (Å²) < 4.78 is 11.0. The number of fused-ring (bicyclic) bond motifs is 1. The quantitative estimate of drug-likeness (QED) is 0.183. The van der Waals surface area contributed by atoms with Gasteiger partial charge in [0.2, 0.25) is 6.41 Å². The second-order valence-corrected chi connectivity index (χ2v) is 11.7. The zero-order valence-corrected chi connectivity index (χ0v) is 26.8. The number of hydrogen-bond donors (Lipinski definition) is 1. The van der Waals surface area contributed by atoms with Gasteiger partial charge >= 0.3 is 0 Å². The van der Waals surface area contributed by atoms with E-state index in [1.54, 1.807) is 4.90 Å². The third kappa shape index (κ3) is 8.39. The van der Waals surface area contributed by atoms with Crippen molar-refractivity contribution in [3.05, 3.63) is 83.4 Å². The molecule has 0 aromatic heterocycles. The predicted molar refractivity (Wildman–Crippen MR) is 183 cm³/mol. The van der Waals surface area contributed by atoms with Crippen molar-refractivity contribution < 1.29 is 19.1 Å². The Morgan fingerprint density at radius 1 is 1.02 bits per heavy atom. The molecular formula is C37H46N4O4. The van der Waals surface area contributed by atoms with Gasteiger partial charge in [-0.05, 0) is 105 Å². The van der Waals surface area contributed by atoms with Crippen molar-refractivity contribution >= 4 is 35.5 Å². The maximum Gasteiger partial charge on any atom is 0.251 e. The Balaban J connectivity index is 1.29. The van der Waals surface area contributed by atoms with Crippen molar-refractivity contribution in [1.29, 1.82) is 0 Å². The number of carbonyl (C=O) groups excluding carboxylic acids is 2. The molecule has 2 aliphatic heterocycles. The van der Waals surface area contributed by atoms with E-state index in [4.69, 9.17) is 9.47 Å². The van der Waals surface area contributed by atoms with E-state index in [0.717, 1.165) is 92.5 Å². The maximum absolute atomic E-state index is 13.5. The Morgan fingerprint density at radius 3 is 2.44 bits per heavy atom. The first-order valence-corrected chi connectivity index (χ1v) is 16.2. The Morgan fingerprint density at radius 2 is 1.76 bits per heavy atom. The van der Waals surface area contributed by atoms with Crippen LogP contribution in [0.1, 0.15) is 44.2 Å². The van der Waals surface area contributed by atoms with Crippen LogP contribution in [0.3, 0.4) is 0 Å². The molecule has 45 heavy (non-hydrogen) atoms. The number of hydrogen-bond acceptors (Lipinski definition) is 6. The molecule has 3 aromatic rings. The third-order valence-electron chi connectivity index (χ3n) is 8.82. The highest BCUT2D eigenvalue weighted by Gasteiger charge is 2.21. The van der Waals surface area contributed by atoms with Crippen LogP contribution in [0.4, 0.5) is 17.1 Å². The average molecular weight is 611 g/mol. The molecule has 238 valence electrons. The fraction of sp³-hybridized carbons (Fsp3) is 0.405. The fourth-order valence-corrected chi connectivity index (χ4v) is 6.12. The number of amides is 2. The summed E-state index contributed by atoms with van der Waals surface area (Å²) >= 11 is 0. The first-order chi connectivity index (χ1) is 22.0. The molecule has 0 spiro atoms. The molecule has 0 aliphatic carbocycles. The standard InChI is InChI=1S/C37H46N4O4/c1-4-40(20-23-44-5-2)35-13-8-29(9-14-35)30-10-15-36-32(24-30)25-31(16-19-41(36)27-42)37(43)38-33-11-6-28(7-12-33)26-39(3)34-17-21-45-22-18-34/h6-15,24-25,27,34H,4-5,16-23,26H2,1-3H3,(H,38,43). The summed E-state index contributed by atoms with van der Waals surface area (Å²) in [6.07, 6.45) is 5.36. The second kappa shape index (κ2) is 15.8. The molecular weight excluding hydrogens is 564 g/mol. The molecule has 1 saturated heterocycles. The average Bonchev–Trinajstić information content (AvgIpc) is 3.27. The zero-order valence-electron chi connectivity index (χ0n) is 26.8. The van der Waals surface area contributed by atoms with Crippen LogP contribution in [0.15, 0.2) is 72.3 Å². The normalized spacial score (nSPS) is 15.3. The molecule has 2 amide bonds. The van der Waals surface area contributed by atoms with Crippen LogP contribution in [0.25, 0.3) is 17.2 Å². The third-order valence-corrected chi connectivity index (χ3v) is 8.82. The van der Waals surface area contributed by atoms with E-state index in [-0.39, 0.29) is 5.91 Å². The van der Waals surface area contributed by atoms with Crippen LogP contribution >= 0.6 is 0 Å². The van der Waals surface area contributed by atoms with Crippen LogP contribution in [0.5, 0.6) is 0 Å². The summed E-state index contributed by atoms with van der Waals surface area (Å²) in [6, 6.07) is 23.2. The Bertz CT molecular complexity index is 1450. The largest absolute Gasteiger partial charge is 0.381 e. The van der Waals surface area contributed by atoms with Gasteiger partial charge in [-0.25, -0.2) is 0 Å². The molecule has 0 radical (unpaired) electrons. The van der Waals surface area contributed by atoms with Gasteiger partial charge in [0, 0.05) is 69.0 Å². The lowest BCUT2D eigenvalue weighted by molar-refractivity contribution is -0.113. The summed E-state index contributed by atoms with van der Waals surface area (Å²) in [5.41, 5.74) is 7.52. The first kappa shape index (κ1) is 32.4. The van der Waals surface area contributed by atoms with E-state index in [1.165, 1.54) is 5.56 Å². The van der Waals surface area contributed by atoms with E-state index in [0.29, 0.717) is 31.2 Å². The van der Waals surface area contributed by atoms with Gasteiger partial charge in [0.05, 0.1) is 12.3 Å². The van der Waals surface area contributed by atoms with Crippen LogP contribution < -0.4 is 15.1 Å². The molecule has 2 aliphatic rings. The van der Waals surface area contributed by atoms with Gasteiger partial charge in [0.25, 0.3) is 5.91 Å². The molecule has 2 heterocycles. The van der Waals surface area contributed by atoms with Gasteiger partial charge in [0.15, 0.2) is 0 Å². The minimum Gasteiger partial charge on any atom is -0.381 e. The van der Waals surface area contributed by atoms with Crippen LogP contribution in [0.2, 0.25) is 0 Å². The summed E-state index contributed by atoms with van der Waals surface area (Å²) in [6.45, 7) is 10.3. The van der Waals surface area contributed by atoms with Crippen molar-refractivity contribution in [3.63, 3.8) is 0 Å². The van der Waals surface area contributed by atoms with Crippen LogP contribution in [-0.4, -0.2) is 76.4 Å². The van der Waals surface area contributed by atoms with Gasteiger partial charge in [-0.3, -0.25) is 14.5 Å². The number of nitrogens with one attached hydrogen (secondary N) is 1. The lowest BCUT2D eigenvalue weighted by atomic mass is 10.00. The van der Waals surface area contributed by atoms with E-state index < -0.39 is 0 Å². The van der Waals surface area contributed by atoms with Crippen molar-refractivity contribution in [2.45, 2.75) is 45.7 Å². The van der Waals surface area contributed by atoms with Crippen LogP contribution in [-0.2, 0) is 25.6 Å². The molecule has 0 unspecified atom stereocenters. The molecule has 3 aromatic carbocycles. The fourth-order valence-electron chi connectivity index (χ4n) is 6.12. The molecule has 1 N–H and O–H groups in total. The lowest BCUT2D eigenvalue weighted by Gasteiger charge is -2.31.